The van der Waals surface area contributed by atoms with Crippen LogP contribution in [0.1, 0.15) is 17.3 Å². The van der Waals surface area contributed by atoms with Gasteiger partial charge in [-0.05, 0) is 37.3 Å². The van der Waals surface area contributed by atoms with E-state index in [0.717, 1.165) is 0 Å². The van der Waals surface area contributed by atoms with Crippen molar-refractivity contribution in [2.75, 3.05) is 13.7 Å². The summed E-state index contributed by atoms with van der Waals surface area (Å²) in [7, 11) is 1.36. The van der Waals surface area contributed by atoms with Crippen LogP contribution in [0.2, 0.25) is 0 Å². The molecule has 0 aliphatic rings. The molecule has 0 heterocycles. The number of primary amides is 1. The van der Waals surface area contributed by atoms with Crippen molar-refractivity contribution < 1.29 is 33.0 Å². The highest BCUT2D eigenvalue weighted by Gasteiger charge is 2.18. The predicted octanol–water partition coefficient (Wildman–Crippen LogP) is 0.927. The van der Waals surface area contributed by atoms with Crippen molar-refractivity contribution in [2.24, 2.45) is 5.73 Å². The Balaban J connectivity index is 1.94. The van der Waals surface area contributed by atoms with E-state index in [9.17, 15) is 18.8 Å². The number of amides is 3. The van der Waals surface area contributed by atoms with Crippen LogP contribution in [-0.4, -0.2) is 37.5 Å². The first-order chi connectivity index (χ1) is 13.8. The lowest BCUT2D eigenvalue weighted by molar-refractivity contribution is -0.128. The van der Waals surface area contributed by atoms with Crippen LogP contribution in [0.4, 0.5) is 4.39 Å². The topological polar surface area (TPSA) is 129 Å². The van der Waals surface area contributed by atoms with E-state index in [-0.39, 0.29) is 29.4 Å². The first kappa shape index (κ1) is 21.5. The summed E-state index contributed by atoms with van der Waals surface area (Å²) >= 11 is 0. The summed E-state index contributed by atoms with van der Waals surface area (Å²) in [4.78, 5) is 35.1. The molecular weight excluding hydrogens is 385 g/mol. The van der Waals surface area contributed by atoms with Gasteiger partial charge in [-0.1, -0.05) is 12.1 Å². The van der Waals surface area contributed by atoms with Crippen molar-refractivity contribution in [1.29, 1.82) is 0 Å². The van der Waals surface area contributed by atoms with Crippen LogP contribution < -0.4 is 30.8 Å². The van der Waals surface area contributed by atoms with Crippen molar-refractivity contribution in [3.63, 3.8) is 0 Å². The fourth-order valence-electron chi connectivity index (χ4n) is 2.15. The van der Waals surface area contributed by atoms with E-state index >= 15 is 0 Å². The van der Waals surface area contributed by atoms with Crippen molar-refractivity contribution in [2.45, 2.75) is 13.0 Å². The first-order valence-electron chi connectivity index (χ1n) is 8.42. The quantitative estimate of drug-likeness (QED) is 0.561. The van der Waals surface area contributed by atoms with Crippen LogP contribution in [0.15, 0.2) is 42.5 Å². The van der Waals surface area contributed by atoms with Crippen LogP contribution in [-0.2, 0) is 9.59 Å². The molecule has 0 aliphatic carbocycles. The van der Waals surface area contributed by atoms with Gasteiger partial charge in [0.1, 0.15) is 0 Å². The first-order valence-corrected chi connectivity index (χ1v) is 8.42. The SMILES string of the molecule is COc1cc(C(=O)NNC(=O)[C@H](C)Oc2ccccc2F)ccc1OCC(N)=O. The fourth-order valence-corrected chi connectivity index (χ4v) is 2.15. The highest BCUT2D eigenvalue weighted by molar-refractivity contribution is 5.96. The number of hydrogen-bond donors (Lipinski definition) is 3. The van der Waals surface area contributed by atoms with E-state index in [0.29, 0.717) is 0 Å². The Morgan fingerprint density at radius 2 is 1.79 bits per heavy atom. The standard InChI is InChI=1S/C19H20FN3O6/c1-11(29-14-6-4-3-5-13(14)20)18(25)22-23-19(26)12-7-8-15(16(9-12)27-2)28-10-17(21)24/h3-9,11H,10H2,1-2H3,(H2,21,24)(H,22,25)(H,23,26)/t11-/m0/s1. The van der Waals surface area contributed by atoms with Crippen molar-refractivity contribution in [1.82, 2.24) is 10.9 Å². The van der Waals surface area contributed by atoms with Crippen molar-refractivity contribution in [3.8, 4) is 17.2 Å². The van der Waals surface area contributed by atoms with Gasteiger partial charge in [0.2, 0.25) is 0 Å². The monoisotopic (exact) mass is 405 g/mol. The Morgan fingerprint density at radius 1 is 1.07 bits per heavy atom. The number of nitrogens with one attached hydrogen (secondary N) is 2. The van der Waals surface area contributed by atoms with Gasteiger partial charge in [-0.2, -0.15) is 0 Å². The van der Waals surface area contributed by atoms with E-state index in [1.54, 1.807) is 6.07 Å². The molecule has 4 N–H and O–H groups in total. The minimum absolute atomic E-state index is 0.0854. The molecule has 0 bridgehead atoms. The molecule has 9 nitrogen and oxygen atoms in total. The third-order valence-electron chi connectivity index (χ3n) is 3.60. The Morgan fingerprint density at radius 3 is 2.45 bits per heavy atom. The average Bonchev–Trinajstić information content (AvgIpc) is 2.71. The fraction of sp³-hybridized carbons (Fsp3) is 0.211. The summed E-state index contributed by atoms with van der Waals surface area (Å²) in [6.45, 7) is 1.06. The van der Waals surface area contributed by atoms with Crippen LogP contribution in [0.25, 0.3) is 0 Å². The molecule has 0 unspecified atom stereocenters. The van der Waals surface area contributed by atoms with E-state index in [2.05, 4.69) is 10.9 Å². The van der Waals surface area contributed by atoms with E-state index in [1.807, 2.05) is 0 Å². The maximum atomic E-state index is 13.6. The van der Waals surface area contributed by atoms with Crippen molar-refractivity contribution in [3.05, 3.63) is 53.8 Å². The minimum atomic E-state index is -1.06. The van der Waals surface area contributed by atoms with Crippen LogP contribution in [0, 0.1) is 5.82 Å². The number of hydrogen-bond acceptors (Lipinski definition) is 6. The summed E-state index contributed by atoms with van der Waals surface area (Å²) in [5.74, 6) is -2.27. The van der Waals surface area contributed by atoms with Gasteiger partial charge in [0, 0.05) is 5.56 Å². The summed E-state index contributed by atoms with van der Waals surface area (Å²) in [5, 5.41) is 0. The molecule has 2 aromatic carbocycles. The molecule has 0 fully saturated rings. The van der Waals surface area contributed by atoms with Gasteiger partial charge in [0.05, 0.1) is 7.11 Å². The summed E-state index contributed by atoms with van der Waals surface area (Å²) in [6.07, 6.45) is -1.06. The largest absolute Gasteiger partial charge is 0.493 e. The molecule has 154 valence electrons. The lowest BCUT2D eigenvalue weighted by Gasteiger charge is -2.16. The second-order valence-electron chi connectivity index (χ2n) is 5.75. The van der Waals surface area contributed by atoms with E-state index in [1.165, 1.54) is 50.4 Å². The number of carbonyl (C=O) groups excluding carboxylic acids is 3. The molecule has 0 spiro atoms. The molecule has 1 atom stereocenters. The number of ether oxygens (including phenoxy) is 3. The lowest BCUT2D eigenvalue weighted by Crippen LogP contribution is -2.47. The Labute approximate surface area is 165 Å². The van der Waals surface area contributed by atoms with Crippen molar-refractivity contribution >= 4 is 17.7 Å². The van der Waals surface area contributed by atoms with E-state index in [4.69, 9.17) is 19.9 Å². The molecule has 0 saturated carbocycles. The smallest absolute Gasteiger partial charge is 0.279 e. The number of carbonyl (C=O) groups is 3. The molecule has 2 aromatic rings. The second-order valence-corrected chi connectivity index (χ2v) is 5.75. The molecule has 2 rings (SSSR count). The molecule has 0 aliphatic heterocycles. The highest BCUT2D eigenvalue weighted by atomic mass is 19.1. The zero-order valence-electron chi connectivity index (χ0n) is 15.7. The summed E-state index contributed by atoms with van der Waals surface area (Å²) < 4.78 is 29.1. The second kappa shape index (κ2) is 9.93. The molecule has 3 amide bonds. The zero-order chi connectivity index (χ0) is 21.4. The highest BCUT2D eigenvalue weighted by Crippen LogP contribution is 2.28. The molecule has 10 heteroatoms. The van der Waals surface area contributed by atoms with Crippen LogP contribution in [0.3, 0.4) is 0 Å². The number of benzene rings is 2. The third-order valence-corrected chi connectivity index (χ3v) is 3.60. The van der Waals surface area contributed by atoms with E-state index < -0.39 is 29.6 Å². The van der Waals surface area contributed by atoms with Gasteiger partial charge < -0.3 is 19.9 Å². The maximum Gasteiger partial charge on any atom is 0.279 e. The third kappa shape index (κ3) is 6.09. The minimum Gasteiger partial charge on any atom is -0.493 e. The number of para-hydroxylation sites is 1. The summed E-state index contributed by atoms with van der Waals surface area (Å²) in [6, 6.07) is 9.82. The van der Waals surface area contributed by atoms with Crippen LogP contribution >= 0.6 is 0 Å². The van der Waals surface area contributed by atoms with Crippen LogP contribution in [0.5, 0.6) is 17.2 Å². The lowest BCUT2D eigenvalue weighted by atomic mass is 10.2. The molecule has 29 heavy (non-hydrogen) atoms. The molecular formula is C19H20FN3O6. The average molecular weight is 405 g/mol. The zero-order valence-corrected chi connectivity index (χ0v) is 15.7. The number of rotatable bonds is 8. The van der Waals surface area contributed by atoms with Gasteiger partial charge in [0.15, 0.2) is 35.8 Å². The maximum absolute atomic E-state index is 13.6. The Bertz CT molecular complexity index is 905. The molecule has 0 aromatic heterocycles. The van der Waals surface area contributed by atoms with Gasteiger partial charge in [-0.3, -0.25) is 25.2 Å². The Hall–Kier alpha value is -3.82. The van der Waals surface area contributed by atoms with Gasteiger partial charge >= 0.3 is 0 Å². The molecule has 0 saturated heterocycles. The number of methoxy groups -OCH3 is 1. The predicted molar refractivity (Wildman–Crippen MR) is 99.8 cm³/mol. The number of halogens is 1. The Kier molecular flexibility index (Phi) is 7.35. The normalized spacial score (nSPS) is 11.1. The number of hydrazine groups is 1. The van der Waals surface area contributed by atoms with Gasteiger partial charge in [0.25, 0.3) is 17.7 Å². The van der Waals surface area contributed by atoms with Gasteiger partial charge in [-0.15, -0.1) is 0 Å². The molecule has 0 radical (unpaired) electrons. The van der Waals surface area contributed by atoms with Gasteiger partial charge in [-0.25, -0.2) is 4.39 Å². The number of nitrogens with two attached hydrogens (primary N) is 1. The summed E-state index contributed by atoms with van der Waals surface area (Å²) in [5.41, 5.74) is 9.58.